The summed E-state index contributed by atoms with van der Waals surface area (Å²) in [7, 11) is 0. The molecule has 0 unspecified atom stereocenters. The minimum absolute atomic E-state index is 0.949. The van der Waals surface area contributed by atoms with Gasteiger partial charge in [0, 0.05) is 28.1 Å². The quantitative estimate of drug-likeness (QED) is 0.661. The van der Waals surface area contributed by atoms with Crippen molar-refractivity contribution in [3.8, 4) is 0 Å². The van der Waals surface area contributed by atoms with E-state index in [1.807, 2.05) is 17.8 Å². The molecule has 96 valence electrons. The molecule has 0 aliphatic carbocycles. The van der Waals surface area contributed by atoms with E-state index in [4.69, 9.17) is 0 Å². The van der Waals surface area contributed by atoms with Gasteiger partial charge in [-0.15, -0.1) is 11.8 Å². The Balaban J connectivity index is 1.91. The van der Waals surface area contributed by atoms with Gasteiger partial charge < -0.3 is 4.40 Å². The van der Waals surface area contributed by atoms with Gasteiger partial charge in [0.1, 0.15) is 5.65 Å². The fraction of sp³-hybridized carbons (Fsp3) is 0.188. The van der Waals surface area contributed by atoms with E-state index in [-0.39, 0.29) is 0 Å². The molecule has 0 spiro atoms. The number of benzene rings is 1. The fourth-order valence-corrected chi connectivity index (χ4v) is 3.04. The zero-order valence-electron chi connectivity index (χ0n) is 11.1. The minimum Gasteiger partial charge on any atom is -0.304 e. The fourth-order valence-electron chi connectivity index (χ4n) is 2.15. The summed E-state index contributed by atoms with van der Waals surface area (Å²) in [5.74, 6) is 0.949. The number of aromatic nitrogens is 2. The highest BCUT2D eigenvalue weighted by molar-refractivity contribution is 7.98. The molecule has 0 saturated carbocycles. The van der Waals surface area contributed by atoms with Gasteiger partial charge in [-0.25, -0.2) is 4.98 Å². The van der Waals surface area contributed by atoms with E-state index in [0.717, 1.165) is 17.1 Å². The number of aryl methyl sites for hydroxylation is 2. The number of fused-ring (bicyclic) bond motifs is 1. The van der Waals surface area contributed by atoms with E-state index in [1.165, 1.54) is 16.2 Å². The second-order valence-electron chi connectivity index (χ2n) is 4.61. The summed E-state index contributed by atoms with van der Waals surface area (Å²) in [6.45, 7) is 4.18. The van der Waals surface area contributed by atoms with Crippen molar-refractivity contribution >= 4 is 17.4 Å². The molecule has 2 aromatic heterocycles. The summed E-state index contributed by atoms with van der Waals surface area (Å²) in [6, 6.07) is 14.8. The molecule has 0 N–H and O–H groups in total. The molecule has 3 aromatic rings. The number of hydrogen-bond acceptors (Lipinski definition) is 2. The van der Waals surface area contributed by atoms with E-state index in [2.05, 4.69) is 65.8 Å². The average Bonchev–Trinajstić information content (AvgIpc) is 2.74. The highest BCUT2D eigenvalue weighted by atomic mass is 32.2. The monoisotopic (exact) mass is 268 g/mol. The Morgan fingerprint density at radius 3 is 2.63 bits per heavy atom. The molecule has 1 aromatic carbocycles. The van der Waals surface area contributed by atoms with Crippen LogP contribution in [0.4, 0.5) is 0 Å². The standard InChI is InChI=1S/C16H16N2S/c1-12-13(2)18-10-6-7-14(16(18)17-12)11-19-15-8-4-3-5-9-15/h3-10H,11H2,1-2H3. The first-order valence-corrected chi connectivity index (χ1v) is 7.35. The molecule has 0 radical (unpaired) electrons. The lowest BCUT2D eigenvalue weighted by atomic mass is 10.3. The molecular formula is C16H16N2S. The lowest BCUT2D eigenvalue weighted by Gasteiger charge is -2.04. The Hall–Kier alpha value is -1.74. The summed E-state index contributed by atoms with van der Waals surface area (Å²) in [6.07, 6.45) is 2.08. The number of nitrogens with zero attached hydrogens (tertiary/aromatic N) is 2. The molecule has 0 fully saturated rings. The summed E-state index contributed by atoms with van der Waals surface area (Å²) < 4.78 is 2.18. The Morgan fingerprint density at radius 2 is 1.84 bits per heavy atom. The van der Waals surface area contributed by atoms with Crippen molar-refractivity contribution in [2.45, 2.75) is 24.5 Å². The van der Waals surface area contributed by atoms with Crippen LogP contribution in [0.5, 0.6) is 0 Å². The smallest absolute Gasteiger partial charge is 0.141 e. The topological polar surface area (TPSA) is 17.3 Å². The predicted molar refractivity (Wildman–Crippen MR) is 80.7 cm³/mol. The molecule has 0 bridgehead atoms. The van der Waals surface area contributed by atoms with E-state index >= 15 is 0 Å². The van der Waals surface area contributed by atoms with E-state index in [0.29, 0.717) is 0 Å². The van der Waals surface area contributed by atoms with Crippen molar-refractivity contribution < 1.29 is 0 Å². The first kappa shape index (κ1) is 12.3. The summed E-state index contributed by atoms with van der Waals surface area (Å²) in [5, 5.41) is 0. The molecular weight excluding hydrogens is 252 g/mol. The molecule has 19 heavy (non-hydrogen) atoms. The third kappa shape index (κ3) is 2.38. The lowest BCUT2D eigenvalue weighted by molar-refractivity contribution is 1.08. The van der Waals surface area contributed by atoms with Crippen molar-refractivity contribution in [3.63, 3.8) is 0 Å². The largest absolute Gasteiger partial charge is 0.304 e. The van der Waals surface area contributed by atoms with Crippen LogP contribution in [-0.4, -0.2) is 9.38 Å². The van der Waals surface area contributed by atoms with Gasteiger partial charge in [0.25, 0.3) is 0 Å². The third-order valence-electron chi connectivity index (χ3n) is 3.34. The van der Waals surface area contributed by atoms with Gasteiger partial charge in [0.05, 0.1) is 5.69 Å². The number of rotatable bonds is 3. The highest BCUT2D eigenvalue weighted by Gasteiger charge is 2.08. The molecule has 0 atom stereocenters. The Kier molecular flexibility index (Phi) is 3.30. The normalized spacial score (nSPS) is 11.1. The molecule has 0 aliphatic rings. The van der Waals surface area contributed by atoms with Crippen molar-refractivity contribution in [1.82, 2.24) is 9.38 Å². The van der Waals surface area contributed by atoms with Crippen LogP contribution >= 0.6 is 11.8 Å². The third-order valence-corrected chi connectivity index (χ3v) is 4.40. The first-order valence-electron chi connectivity index (χ1n) is 6.37. The second kappa shape index (κ2) is 5.10. The van der Waals surface area contributed by atoms with Gasteiger partial charge in [0.15, 0.2) is 0 Å². The molecule has 0 saturated heterocycles. The maximum atomic E-state index is 4.67. The number of pyridine rings is 1. The van der Waals surface area contributed by atoms with Gasteiger partial charge in [-0.2, -0.15) is 0 Å². The summed E-state index contributed by atoms with van der Waals surface area (Å²) in [5.41, 5.74) is 4.70. The molecule has 3 rings (SSSR count). The number of thioether (sulfide) groups is 1. The van der Waals surface area contributed by atoms with Gasteiger partial charge in [0.2, 0.25) is 0 Å². The maximum Gasteiger partial charge on any atom is 0.141 e. The van der Waals surface area contributed by atoms with Crippen LogP contribution in [0.3, 0.4) is 0 Å². The summed E-state index contributed by atoms with van der Waals surface area (Å²) in [4.78, 5) is 5.97. The predicted octanol–water partition coefficient (Wildman–Crippen LogP) is 4.24. The van der Waals surface area contributed by atoms with Crippen LogP contribution in [0.15, 0.2) is 53.6 Å². The van der Waals surface area contributed by atoms with Crippen LogP contribution in [-0.2, 0) is 5.75 Å². The lowest BCUT2D eigenvalue weighted by Crippen LogP contribution is -1.91. The molecule has 0 aliphatic heterocycles. The van der Waals surface area contributed by atoms with Gasteiger partial charge >= 0.3 is 0 Å². The van der Waals surface area contributed by atoms with Crippen molar-refractivity contribution in [2.24, 2.45) is 0 Å². The van der Waals surface area contributed by atoms with E-state index < -0.39 is 0 Å². The van der Waals surface area contributed by atoms with Crippen molar-refractivity contribution in [1.29, 1.82) is 0 Å². The molecule has 3 heteroatoms. The molecule has 2 nitrogen and oxygen atoms in total. The SMILES string of the molecule is Cc1nc2c(CSc3ccccc3)cccn2c1C. The van der Waals surface area contributed by atoms with Gasteiger partial charge in [-0.1, -0.05) is 24.3 Å². The maximum absolute atomic E-state index is 4.67. The molecule has 0 amide bonds. The number of imidazole rings is 1. The Bertz CT molecular complexity index is 701. The Morgan fingerprint density at radius 1 is 1.05 bits per heavy atom. The van der Waals surface area contributed by atoms with Crippen molar-refractivity contribution in [2.75, 3.05) is 0 Å². The van der Waals surface area contributed by atoms with E-state index in [1.54, 1.807) is 0 Å². The van der Waals surface area contributed by atoms with E-state index in [9.17, 15) is 0 Å². The highest BCUT2D eigenvalue weighted by Crippen LogP contribution is 2.25. The first-order chi connectivity index (χ1) is 9.25. The summed E-state index contributed by atoms with van der Waals surface area (Å²) >= 11 is 1.85. The Labute approximate surface area is 117 Å². The van der Waals surface area contributed by atoms with Crippen LogP contribution in [0, 0.1) is 13.8 Å². The number of hydrogen-bond donors (Lipinski definition) is 0. The zero-order valence-corrected chi connectivity index (χ0v) is 11.9. The van der Waals surface area contributed by atoms with Crippen LogP contribution in [0.25, 0.3) is 5.65 Å². The van der Waals surface area contributed by atoms with Crippen LogP contribution < -0.4 is 0 Å². The van der Waals surface area contributed by atoms with Gasteiger partial charge in [-0.05, 0) is 32.0 Å². The van der Waals surface area contributed by atoms with Gasteiger partial charge in [-0.3, -0.25) is 0 Å². The molecule has 2 heterocycles. The zero-order chi connectivity index (χ0) is 13.2. The average molecular weight is 268 g/mol. The van der Waals surface area contributed by atoms with Crippen molar-refractivity contribution in [3.05, 3.63) is 65.6 Å². The van der Waals surface area contributed by atoms with Crippen LogP contribution in [0.2, 0.25) is 0 Å². The van der Waals surface area contributed by atoms with Crippen LogP contribution in [0.1, 0.15) is 17.0 Å². The second-order valence-corrected chi connectivity index (χ2v) is 5.66. The minimum atomic E-state index is 0.949.